The van der Waals surface area contributed by atoms with E-state index in [1.165, 1.54) is 33.4 Å². The maximum Gasteiger partial charge on any atom is 0.0490 e. The van der Waals surface area contributed by atoms with Gasteiger partial charge in [-0.05, 0) is 116 Å². The van der Waals surface area contributed by atoms with Gasteiger partial charge in [-0.3, -0.25) is 0 Å². The molecule has 7 aromatic rings. The van der Waals surface area contributed by atoms with Crippen LogP contribution in [-0.2, 0) is 0 Å². The summed E-state index contributed by atoms with van der Waals surface area (Å²) in [6.07, 6.45) is 8.67. The predicted molar refractivity (Wildman–Crippen MR) is 225 cm³/mol. The average Bonchev–Trinajstić information content (AvgIpc) is 3.17. The van der Waals surface area contributed by atoms with Gasteiger partial charge in [0.15, 0.2) is 0 Å². The zero-order valence-electron chi connectivity index (χ0n) is 30.4. The molecular formula is C50H44N2. The van der Waals surface area contributed by atoms with Crippen molar-refractivity contribution in [2.45, 2.75) is 27.7 Å². The Morgan fingerprint density at radius 1 is 0.308 bits per heavy atom. The van der Waals surface area contributed by atoms with Crippen molar-refractivity contribution in [1.29, 1.82) is 0 Å². The number of benzene rings is 7. The van der Waals surface area contributed by atoms with Gasteiger partial charge in [-0.15, -0.1) is 0 Å². The minimum Gasteiger partial charge on any atom is -0.310 e. The zero-order valence-corrected chi connectivity index (χ0v) is 30.4. The molecule has 7 aromatic carbocycles. The van der Waals surface area contributed by atoms with Gasteiger partial charge in [0.2, 0.25) is 0 Å². The molecule has 0 spiro atoms. The molecule has 0 amide bonds. The van der Waals surface area contributed by atoms with E-state index in [0.29, 0.717) is 0 Å². The average molecular weight is 673 g/mol. The van der Waals surface area contributed by atoms with E-state index in [9.17, 15) is 0 Å². The summed E-state index contributed by atoms with van der Waals surface area (Å²) in [5, 5.41) is 0. The highest BCUT2D eigenvalue weighted by Crippen LogP contribution is 2.42. The minimum absolute atomic E-state index is 1.09. The van der Waals surface area contributed by atoms with E-state index >= 15 is 0 Å². The number of anilines is 6. The monoisotopic (exact) mass is 672 g/mol. The van der Waals surface area contributed by atoms with Gasteiger partial charge < -0.3 is 9.80 Å². The van der Waals surface area contributed by atoms with Crippen molar-refractivity contribution in [3.8, 4) is 0 Å². The third kappa shape index (κ3) is 7.98. The van der Waals surface area contributed by atoms with Crippen LogP contribution in [0.25, 0.3) is 24.3 Å². The first-order valence-corrected chi connectivity index (χ1v) is 17.9. The van der Waals surface area contributed by atoms with E-state index in [0.717, 1.165) is 45.3 Å². The van der Waals surface area contributed by atoms with Gasteiger partial charge in [0.25, 0.3) is 0 Å². The van der Waals surface area contributed by atoms with Crippen LogP contribution in [0, 0.1) is 27.7 Å². The molecular weight excluding hydrogens is 629 g/mol. The van der Waals surface area contributed by atoms with Crippen molar-refractivity contribution >= 4 is 58.4 Å². The highest BCUT2D eigenvalue weighted by Gasteiger charge is 2.19. The molecule has 0 radical (unpaired) electrons. The molecule has 0 N–H and O–H groups in total. The first-order valence-electron chi connectivity index (χ1n) is 17.9. The Morgan fingerprint density at radius 2 is 0.673 bits per heavy atom. The fourth-order valence-electron chi connectivity index (χ4n) is 6.72. The first kappa shape index (κ1) is 34.1. The lowest BCUT2D eigenvalue weighted by Crippen LogP contribution is -2.14. The van der Waals surface area contributed by atoms with E-state index in [4.69, 9.17) is 0 Å². The van der Waals surface area contributed by atoms with Crippen LogP contribution in [0.4, 0.5) is 34.1 Å². The van der Waals surface area contributed by atoms with Gasteiger partial charge in [-0.25, -0.2) is 0 Å². The van der Waals surface area contributed by atoms with Crippen molar-refractivity contribution in [3.05, 3.63) is 214 Å². The molecule has 2 heteroatoms. The number of hydrogen-bond acceptors (Lipinski definition) is 2. The largest absolute Gasteiger partial charge is 0.310 e. The Morgan fingerprint density at radius 3 is 1.04 bits per heavy atom. The summed E-state index contributed by atoms with van der Waals surface area (Å²) in [5.74, 6) is 0. The molecule has 2 nitrogen and oxygen atoms in total. The third-order valence-electron chi connectivity index (χ3n) is 9.37. The second kappa shape index (κ2) is 15.7. The van der Waals surface area contributed by atoms with E-state index in [1.807, 2.05) is 12.1 Å². The van der Waals surface area contributed by atoms with Crippen LogP contribution in [0.5, 0.6) is 0 Å². The van der Waals surface area contributed by atoms with Crippen LogP contribution in [0.2, 0.25) is 0 Å². The van der Waals surface area contributed by atoms with Gasteiger partial charge in [-0.1, -0.05) is 151 Å². The Bertz CT molecular complexity index is 2150. The van der Waals surface area contributed by atoms with Crippen LogP contribution in [0.1, 0.15) is 44.5 Å². The molecule has 0 aliphatic carbocycles. The lowest BCUT2D eigenvalue weighted by Gasteiger charge is -2.31. The molecule has 0 fully saturated rings. The molecule has 7 rings (SSSR count). The standard InChI is InChI=1S/C50H44N2/c1-37-18-32-49(39(3)34-37)51(45-28-24-43(25-29-45)22-20-41-12-7-5-8-13-41)47-16-11-17-48(36-47)52(50-33-19-38(2)35-40(50)4)46-30-26-44(27-31-46)23-21-42-14-9-6-10-15-42/h5-36H,1-4H3/b22-20+,23-21+. The van der Waals surface area contributed by atoms with Crippen molar-refractivity contribution in [3.63, 3.8) is 0 Å². The van der Waals surface area contributed by atoms with Gasteiger partial charge in [0, 0.05) is 34.1 Å². The Hall–Kier alpha value is -6.38. The smallest absolute Gasteiger partial charge is 0.0490 e. The highest BCUT2D eigenvalue weighted by atomic mass is 15.2. The first-order chi connectivity index (χ1) is 25.4. The fraction of sp³-hybridized carbons (Fsp3) is 0.0800. The Balaban J connectivity index is 1.29. The normalized spacial score (nSPS) is 11.3. The van der Waals surface area contributed by atoms with E-state index in [2.05, 4.69) is 220 Å². The third-order valence-corrected chi connectivity index (χ3v) is 9.37. The maximum atomic E-state index is 2.38. The molecule has 52 heavy (non-hydrogen) atoms. The Kier molecular flexibility index (Phi) is 10.3. The second-order valence-corrected chi connectivity index (χ2v) is 13.4. The van der Waals surface area contributed by atoms with E-state index in [1.54, 1.807) is 0 Å². The van der Waals surface area contributed by atoms with Crippen molar-refractivity contribution < 1.29 is 0 Å². The summed E-state index contributed by atoms with van der Waals surface area (Å²) < 4.78 is 0. The summed E-state index contributed by atoms with van der Waals surface area (Å²) in [6, 6.07) is 60.9. The maximum absolute atomic E-state index is 2.38. The minimum atomic E-state index is 1.09. The molecule has 0 saturated carbocycles. The van der Waals surface area contributed by atoms with Crippen molar-refractivity contribution in [1.82, 2.24) is 0 Å². The van der Waals surface area contributed by atoms with Crippen LogP contribution in [0.3, 0.4) is 0 Å². The second-order valence-electron chi connectivity index (χ2n) is 13.4. The molecule has 0 bridgehead atoms. The molecule has 0 heterocycles. The SMILES string of the molecule is Cc1ccc(N(c2ccc(/C=C/c3ccccc3)cc2)c2cccc(N(c3ccc(/C=C/c4ccccc4)cc3)c3ccc(C)cc3C)c2)c(C)c1. The number of hydrogen-bond donors (Lipinski definition) is 0. The van der Waals surface area contributed by atoms with Gasteiger partial charge in [0.05, 0.1) is 0 Å². The van der Waals surface area contributed by atoms with Gasteiger partial charge in [0.1, 0.15) is 0 Å². The van der Waals surface area contributed by atoms with Crippen LogP contribution in [-0.4, -0.2) is 0 Å². The van der Waals surface area contributed by atoms with Crippen molar-refractivity contribution in [2.24, 2.45) is 0 Å². The fourth-order valence-corrected chi connectivity index (χ4v) is 6.72. The van der Waals surface area contributed by atoms with Gasteiger partial charge >= 0.3 is 0 Å². The molecule has 0 unspecified atom stereocenters. The summed E-state index contributed by atoms with van der Waals surface area (Å²) >= 11 is 0. The molecule has 254 valence electrons. The van der Waals surface area contributed by atoms with Crippen LogP contribution in [0.15, 0.2) is 170 Å². The summed E-state index contributed by atoms with van der Waals surface area (Å²) in [5.41, 5.74) is 16.3. The molecule has 0 aromatic heterocycles. The number of aryl methyl sites for hydroxylation is 4. The van der Waals surface area contributed by atoms with Gasteiger partial charge in [-0.2, -0.15) is 0 Å². The molecule has 0 aliphatic rings. The lowest BCUT2D eigenvalue weighted by molar-refractivity contribution is 1.21. The van der Waals surface area contributed by atoms with Crippen LogP contribution >= 0.6 is 0 Å². The van der Waals surface area contributed by atoms with E-state index in [-0.39, 0.29) is 0 Å². The number of nitrogens with zero attached hydrogens (tertiary/aromatic N) is 2. The van der Waals surface area contributed by atoms with Crippen molar-refractivity contribution in [2.75, 3.05) is 9.80 Å². The van der Waals surface area contributed by atoms with Crippen LogP contribution < -0.4 is 9.80 Å². The lowest BCUT2D eigenvalue weighted by atomic mass is 10.0. The quantitative estimate of drug-likeness (QED) is 0.133. The highest BCUT2D eigenvalue weighted by molar-refractivity contribution is 5.85. The zero-order chi connectivity index (χ0) is 35.9. The topological polar surface area (TPSA) is 6.48 Å². The Labute approximate surface area is 309 Å². The molecule has 0 atom stereocenters. The van der Waals surface area contributed by atoms with E-state index < -0.39 is 0 Å². The predicted octanol–water partition coefficient (Wildman–Crippen LogP) is 14.2. The summed E-state index contributed by atoms with van der Waals surface area (Å²) in [4.78, 5) is 4.75. The molecule has 0 saturated heterocycles. The molecule has 0 aliphatic heterocycles. The summed E-state index contributed by atoms with van der Waals surface area (Å²) in [7, 11) is 0. The summed E-state index contributed by atoms with van der Waals surface area (Å²) in [6.45, 7) is 8.71. The number of rotatable bonds is 10.